The molecule has 2 aromatic carbocycles. The zero-order valence-electron chi connectivity index (χ0n) is 18.5. The number of nitrogens with two attached hydrogens (primary N) is 2. The van der Waals surface area contributed by atoms with Crippen molar-refractivity contribution in [1.29, 1.82) is 0 Å². The van der Waals surface area contributed by atoms with Crippen LogP contribution in [0.4, 0.5) is 11.5 Å². The van der Waals surface area contributed by atoms with Crippen LogP contribution < -0.4 is 11.5 Å². The molecule has 2 heterocycles. The van der Waals surface area contributed by atoms with Gasteiger partial charge in [0.1, 0.15) is 11.3 Å². The first kappa shape index (κ1) is 23.8. The number of rotatable bonds is 3. The number of benzene rings is 2. The van der Waals surface area contributed by atoms with Crippen LogP contribution in [0.3, 0.4) is 0 Å². The summed E-state index contributed by atoms with van der Waals surface area (Å²) in [6.45, 7) is 5.46. The third-order valence-electron chi connectivity index (χ3n) is 5.50. The van der Waals surface area contributed by atoms with E-state index in [0.717, 1.165) is 22.3 Å². The van der Waals surface area contributed by atoms with Gasteiger partial charge in [0, 0.05) is 29.2 Å². The number of nitrogen functional groups attached to an aromatic ring is 2. The van der Waals surface area contributed by atoms with Crippen LogP contribution in [-0.2, 0) is 0 Å². The van der Waals surface area contributed by atoms with E-state index >= 15 is 0 Å². The Morgan fingerprint density at radius 3 is 2.44 bits per heavy atom. The van der Waals surface area contributed by atoms with Gasteiger partial charge in [-0.2, -0.15) is 0 Å². The summed E-state index contributed by atoms with van der Waals surface area (Å²) in [6.07, 6.45) is 3.65. The quantitative estimate of drug-likeness (QED) is 0.354. The number of hydrogen-bond donors (Lipinski definition) is 4. The lowest BCUT2D eigenvalue weighted by atomic mass is 9.84. The van der Waals surface area contributed by atoms with Crippen molar-refractivity contribution in [3.63, 3.8) is 0 Å². The van der Waals surface area contributed by atoms with Gasteiger partial charge in [-0.3, -0.25) is 4.79 Å². The first-order chi connectivity index (χ1) is 15.2. The standard InChI is InChI=1S/C16H24N2O2.C8H7N3S/c1-12(2)11-16(20)7-9-18(10-8-16)15(19)13-3-5-14(17)6-4-13;9-7-4-10-8-5(11-7)2-1-3-6(8)12/h3-6,12,20H,7-11,17H2,1-2H3;1-4,12H,(H2,9,11). The number of hydrogen-bond acceptors (Lipinski definition) is 7. The number of piperidine rings is 1. The molecule has 170 valence electrons. The average molecular weight is 454 g/mol. The molecule has 0 unspecified atom stereocenters. The number of amides is 1. The van der Waals surface area contributed by atoms with Crippen molar-refractivity contribution in [3.8, 4) is 0 Å². The highest BCUT2D eigenvalue weighted by Gasteiger charge is 2.34. The third-order valence-corrected chi connectivity index (χ3v) is 5.86. The number of nitrogens with zero attached hydrogens (tertiary/aromatic N) is 3. The molecule has 1 saturated heterocycles. The summed E-state index contributed by atoms with van der Waals surface area (Å²) >= 11 is 4.24. The highest BCUT2D eigenvalue weighted by molar-refractivity contribution is 7.80. The Bertz CT molecular complexity index is 1060. The Hall–Kier alpha value is -2.84. The fourth-order valence-electron chi connectivity index (χ4n) is 3.94. The number of carbonyl (C=O) groups is 1. The SMILES string of the molecule is CC(C)CC1(O)CCN(C(=O)c2ccc(N)cc2)CC1.Nc1cnc2c(S)cccc2n1. The lowest BCUT2D eigenvalue weighted by Gasteiger charge is -2.39. The fourth-order valence-corrected chi connectivity index (χ4v) is 4.20. The predicted octanol–water partition coefficient (Wildman–Crippen LogP) is 3.78. The molecule has 4 rings (SSSR count). The molecule has 1 aliphatic rings. The number of carbonyl (C=O) groups excluding carboxylic acids is 1. The predicted molar refractivity (Wildman–Crippen MR) is 132 cm³/mol. The van der Waals surface area contributed by atoms with E-state index in [4.69, 9.17) is 11.5 Å². The summed E-state index contributed by atoms with van der Waals surface area (Å²) in [5.74, 6) is 0.928. The van der Waals surface area contributed by atoms with Gasteiger partial charge in [-0.15, -0.1) is 12.6 Å². The number of aromatic nitrogens is 2. The Balaban J connectivity index is 0.000000204. The van der Waals surface area contributed by atoms with Gasteiger partial charge in [0.2, 0.25) is 0 Å². The van der Waals surface area contributed by atoms with Crippen LogP contribution in [0.15, 0.2) is 53.6 Å². The van der Waals surface area contributed by atoms with Crippen molar-refractivity contribution in [2.45, 2.75) is 43.6 Å². The fraction of sp³-hybridized carbons (Fsp3) is 0.375. The minimum Gasteiger partial charge on any atom is -0.399 e. The van der Waals surface area contributed by atoms with Crippen molar-refractivity contribution < 1.29 is 9.90 Å². The summed E-state index contributed by atoms with van der Waals surface area (Å²) in [5, 5.41) is 10.5. The molecule has 1 amide bonds. The summed E-state index contributed by atoms with van der Waals surface area (Å²) in [7, 11) is 0. The van der Waals surface area contributed by atoms with Gasteiger partial charge >= 0.3 is 0 Å². The first-order valence-electron chi connectivity index (χ1n) is 10.7. The molecule has 0 saturated carbocycles. The van der Waals surface area contributed by atoms with Gasteiger partial charge in [0.05, 0.1) is 17.3 Å². The summed E-state index contributed by atoms with van der Waals surface area (Å²) in [5.41, 5.74) is 13.4. The molecular weight excluding hydrogens is 422 g/mol. The van der Waals surface area contributed by atoms with Crippen molar-refractivity contribution >= 4 is 41.1 Å². The van der Waals surface area contributed by atoms with Gasteiger partial charge in [-0.25, -0.2) is 9.97 Å². The Labute approximate surface area is 194 Å². The van der Waals surface area contributed by atoms with Gasteiger partial charge in [0.25, 0.3) is 5.91 Å². The number of thiol groups is 1. The highest BCUT2D eigenvalue weighted by atomic mass is 32.1. The zero-order chi connectivity index (χ0) is 23.3. The summed E-state index contributed by atoms with van der Waals surface area (Å²) in [4.78, 5) is 23.2. The highest BCUT2D eigenvalue weighted by Crippen LogP contribution is 2.29. The molecule has 3 aromatic rings. The molecule has 1 aromatic heterocycles. The van der Waals surface area contributed by atoms with Crippen molar-refractivity contribution in [1.82, 2.24) is 14.9 Å². The normalized spacial score (nSPS) is 15.3. The molecule has 8 heteroatoms. The van der Waals surface area contributed by atoms with Crippen LogP contribution in [-0.4, -0.2) is 44.6 Å². The van der Waals surface area contributed by atoms with Gasteiger partial charge in [0.15, 0.2) is 0 Å². The topological polar surface area (TPSA) is 118 Å². The van der Waals surface area contributed by atoms with E-state index in [2.05, 4.69) is 36.4 Å². The molecule has 1 fully saturated rings. The van der Waals surface area contributed by atoms with E-state index in [0.29, 0.717) is 48.9 Å². The van der Waals surface area contributed by atoms with Crippen molar-refractivity contribution in [2.24, 2.45) is 5.92 Å². The maximum absolute atomic E-state index is 12.3. The van der Waals surface area contributed by atoms with Gasteiger partial charge in [-0.05, 0) is 61.6 Å². The Morgan fingerprint density at radius 2 is 1.81 bits per heavy atom. The molecule has 0 spiro atoms. The average Bonchev–Trinajstić information content (AvgIpc) is 2.74. The maximum Gasteiger partial charge on any atom is 0.253 e. The van der Waals surface area contributed by atoms with Crippen LogP contribution in [0.2, 0.25) is 0 Å². The largest absolute Gasteiger partial charge is 0.399 e. The van der Waals surface area contributed by atoms with E-state index in [1.807, 2.05) is 23.1 Å². The zero-order valence-corrected chi connectivity index (χ0v) is 19.4. The molecular formula is C24H31N5O2S. The Morgan fingerprint density at radius 1 is 1.16 bits per heavy atom. The number of aliphatic hydroxyl groups is 1. The molecule has 32 heavy (non-hydrogen) atoms. The van der Waals surface area contributed by atoms with Gasteiger partial charge in [-0.1, -0.05) is 19.9 Å². The maximum atomic E-state index is 12.3. The van der Waals surface area contributed by atoms with E-state index < -0.39 is 5.60 Å². The van der Waals surface area contributed by atoms with Crippen molar-refractivity contribution in [3.05, 3.63) is 54.2 Å². The smallest absolute Gasteiger partial charge is 0.253 e. The molecule has 7 nitrogen and oxygen atoms in total. The first-order valence-corrected chi connectivity index (χ1v) is 11.2. The molecule has 5 N–H and O–H groups in total. The lowest BCUT2D eigenvalue weighted by Crippen LogP contribution is -2.47. The summed E-state index contributed by atoms with van der Waals surface area (Å²) in [6, 6.07) is 12.6. The molecule has 0 bridgehead atoms. The van der Waals surface area contributed by atoms with E-state index in [1.165, 1.54) is 6.20 Å². The molecule has 1 aliphatic heterocycles. The van der Waals surface area contributed by atoms with Crippen LogP contribution in [0.1, 0.15) is 43.5 Å². The molecule has 0 atom stereocenters. The van der Waals surface area contributed by atoms with E-state index in [9.17, 15) is 9.90 Å². The van der Waals surface area contributed by atoms with E-state index in [-0.39, 0.29) is 5.91 Å². The van der Waals surface area contributed by atoms with Crippen LogP contribution in [0.25, 0.3) is 11.0 Å². The van der Waals surface area contributed by atoms with E-state index in [1.54, 1.807) is 24.3 Å². The molecule has 0 radical (unpaired) electrons. The third kappa shape index (κ3) is 6.11. The van der Waals surface area contributed by atoms with Crippen molar-refractivity contribution in [2.75, 3.05) is 24.6 Å². The number of fused-ring (bicyclic) bond motifs is 1. The van der Waals surface area contributed by atoms with Crippen LogP contribution in [0, 0.1) is 5.92 Å². The Kier molecular flexibility index (Phi) is 7.58. The van der Waals surface area contributed by atoms with Gasteiger partial charge < -0.3 is 21.5 Å². The second kappa shape index (κ2) is 10.2. The number of para-hydroxylation sites is 1. The second-order valence-corrected chi connectivity index (χ2v) is 9.16. The lowest BCUT2D eigenvalue weighted by molar-refractivity contribution is -0.0311. The van der Waals surface area contributed by atoms with Crippen LogP contribution in [0.5, 0.6) is 0 Å². The number of anilines is 2. The summed E-state index contributed by atoms with van der Waals surface area (Å²) < 4.78 is 0. The monoisotopic (exact) mass is 453 g/mol. The number of likely N-dealkylation sites (tertiary alicyclic amines) is 1. The second-order valence-electron chi connectivity index (χ2n) is 8.68. The van der Waals surface area contributed by atoms with Crippen LogP contribution >= 0.6 is 12.6 Å². The minimum absolute atomic E-state index is 0.0246. The minimum atomic E-state index is -0.605. The molecule has 0 aliphatic carbocycles.